The third kappa shape index (κ3) is 3.05. The molecular weight excluding hydrogens is 308 g/mol. The minimum atomic E-state index is -0.884. The lowest BCUT2D eigenvalue weighted by atomic mass is 9.79. The lowest BCUT2D eigenvalue weighted by Crippen LogP contribution is -2.38. The lowest BCUT2D eigenvalue weighted by molar-refractivity contribution is -0.168. The summed E-state index contributed by atoms with van der Waals surface area (Å²) >= 11 is 0. The van der Waals surface area contributed by atoms with Gasteiger partial charge in [-0.3, -0.25) is 9.59 Å². The van der Waals surface area contributed by atoms with E-state index in [1.54, 1.807) is 19.1 Å². The standard InChI is InChI=1S/C19H24O5/c1-11(17(20)12-6-4-3-5-7-12)24-19(22)16-14-9-8-13(10-14)15(16)18(21)23-2/h3-7,11,13-17,20H,8-10H2,1-2H3/t11?,13-,14+,15+,16+,17?/m1/s1. The van der Waals surface area contributed by atoms with Crippen LogP contribution in [0.5, 0.6) is 0 Å². The van der Waals surface area contributed by atoms with Crippen LogP contribution in [-0.2, 0) is 19.1 Å². The van der Waals surface area contributed by atoms with Gasteiger partial charge < -0.3 is 14.6 Å². The molecule has 5 heteroatoms. The minimum absolute atomic E-state index is 0.188. The molecule has 2 bridgehead atoms. The van der Waals surface area contributed by atoms with Gasteiger partial charge in [0.1, 0.15) is 12.2 Å². The molecule has 0 radical (unpaired) electrons. The zero-order valence-electron chi connectivity index (χ0n) is 14.1. The summed E-state index contributed by atoms with van der Waals surface area (Å²) in [5.74, 6) is -1.15. The number of carbonyl (C=O) groups is 2. The summed E-state index contributed by atoms with van der Waals surface area (Å²) in [5.41, 5.74) is 0.704. The quantitative estimate of drug-likeness (QED) is 0.839. The molecule has 6 atom stereocenters. The van der Waals surface area contributed by atoms with Gasteiger partial charge >= 0.3 is 11.9 Å². The number of hydrogen-bond acceptors (Lipinski definition) is 5. The van der Waals surface area contributed by atoms with Gasteiger partial charge in [-0.15, -0.1) is 0 Å². The SMILES string of the molecule is COC(=O)[C@H]1[C@@H]2CC[C@@H](C2)[C@@H]1C(=O)OC(C)C(O)c1ccccc1. The molecule has 24 heavy (non-hydrogen) atoms. The van der Waals surface area contributed by atoms with E-state index in [1.165, 1.54) is 7.11 Å². The highest BCUT2D eigenvalue weighted by Gasteiger charge is 2.55. The summed E-state index contributed by atoms with van der Waals surface area (Å²) in [6.07, 6.45) is 1.25. The molecule has 0 saturated heterocycles. The van der Waals surface area contributed by atoms with Gasteiger partial charge in [-0.05, 0) is 43.6 Å². The van der Waals surface area contributed by atoms with E-state index in [9.17, 15) is 14.7 Å². The van der Waals surface area contributed by atoms with Crippen LogP contribution in [0, 0.1) is 23.7 Å². The van der Waals surface area contributed by atoms with Crippen LogP contribution >= 0.6 is 0 Å². The van der Waals surface area contributed by atoms with Crippen molar-refractivity contribution in [3.8, 4) is 0 Å². The van der Waals surface area contributed by atoms with E-state index in [2.05, 4.69) is 0 Å². The maximum atomic E-state index is 12.7. The fraction of sp³-hybridized carbons (Fsp3) is 0.579. The first-order valence-corrected chi connectivity index (χ1v) is 8.54. The van der Waals surface area contributed by atoms with Crippen LogP contribution in [0.2, 0.25) is 0 Å². The zero-order chi connectivity index (χ0) is 17.3. The minimum Gasteiger partial charge on any atom is -0.469 e. The molecule has 0 aromatic heterocycles. The van der Waals surface area contributed by atoms with E-state index in [1.807, 2.05) is 18.2 Å². The number of fused-ring (bicyclic) bond motifs is 2. The van der Waals surface area contributed by atoms with Gasteiger partial charge in [0, 0.05) is 0 Å². The zero-order valence-corrected chi connectivity index (χ0v) is 14.1. The molecule has 0 aliphatic heterocycles. The number of rotatable bonds is 5. The number of benzene rings is 1. The van der Waals surface area contributed by atoms with Crippen molar-refractivity contribution in [1.29, 1.82) is 0 Å². The Bertz CT molecular complexity index is 599. The van der Waals surface area contributed by atoms with Crippen LogP contribution in [-0.4, -0.2) is 30.3 Å². The van der Waals surface area contributed by atoms with Gasteiger partial charge in [0.25, 0.3) is 0 Å². The van der Waals surface area contributed by atoms with E-state index >= 15 is 0 Å². The van der Waals surface area contributed by atoms with Crippen molar-refractivity contribution in [3.05, 3.63) is 35.9 Å². The van der Waals surface area contributed by atoms with Crippen LogP contribution < -0.4 is 0 Å². The van der Waals surface area contributed by atoms with E-state index in [0.717, 1.165) is 19.3 Å². The predicted octanol–water partition coefficient (Wildman–Crippen LogP) is 2.49. The number of carbonyl (C=O) groups excluding carboxylic acids is 2. The molecule has 5 nitrogen and oxygen atoms in total. The second-order valence-electron chi connectivity index (χ2n) is 6.91. The van der Waals surface area contributed by atoms with Crippen molar-refractivity contribution < 1.29 is 24.2 Å². The van der Waals surface area contributed by atoms with Crippen LogP contribution in [0.1, 0.15) is 37.9 Å². The van der Waals surface area contributed by atoms with Crippen LogP contribution in [0.25, 0.3) is 0 Å². The smallest absolute Gasteiger partial charge is 0.310 e. The highest BCUT2D eigenvalue weighted by atomic mass is 16.6. The molecule has 1 aromatic carbocycles. The van der Waals surface area contributed by atoms with Gasteiger partial charge in [-0.1, -0.05) is 30.3 Å². The Morgan fingerprint density at radius 2 is 1.67 bits per heavy atom. The maximum Gasteiger partial charge on any atom is 0.310 e. The number of methoxy groups -OCH3 is 1. The highest BCUT2D eigenvalue weighted by Crippen LogP contribution is 2.53. The van der Waals surface area contributed by atoms with Gasteiger partial charge in [-0.25, -0.2) is 0 Å². The Morgan fingerprint density at radius 1 is 1.08 bits per heavy atom. The first-order valence-electron chi connectivity index (χ1n) is 8.54. The van der Waals surface area contributed by atoms with Crippen LogP contribution in [0.4, 0.5) is 0 Å². The fourth-order valence-corrected chi connectivity index (χ4v) is 4.35. The molecule has 2 aliphatic rings. The van der Waals surface area contributed by atoms with Gasteiger partial charge in [-0.2, -0.15) is 0 Å². The van der Waals surface area contributed by atoms with Crippen molar-refractivity contribution in [2.24, 2.45) is 23.7 Å². The first-order chi connectivity index (χ1) is 11.5. The third-order valence-corrected chi connectivity index (χ3v) is 5.55. The Hall–Kier alpha value is -1.88. The normalized spacial score (nSPS) is 30.6. The largest absolute Gasteiger partial charge is 0.469 e. The number of aliphatic hydroxyl groups is 1. The summed E-state index contributed by atoms with van der Waals surface area (Å²) in [7, 11) is 1.36. The van der Waals surface area contributed by atoms with Gasteiger partial charge in [0.2, 0.25) is 0 Å². The predicted molar refractivity (Wildman–Crippen MR) is 86.8 cm³/mol. The fourth-order valence-electron chi connectivity index (χ4n) is 4.35. The molecule has 0 spiro atoms. The third-order valence-electron chi connectivity index (χ3n) is 5.55. The number of aliphatic hydroxyl groups excluding tert-OH is 1. The lowest BCUT2D eigenvalue weighted by Gasteiger charge is -2.29. The summed E-state index contributed by atoms with van der Waals surface area (Å²) in [5, 5.41) is 10.4. The molecule has 1 N–H and O–H groups in total. The Labute approximate surface area is 142 Å². The molecule has 1 aromatic rings. The molecule has 0 amide bonds. The Morgan fingerprint density at radius 3 is 2.25 bits per heavy atom. The molecule has 2 fully saturated rings. The Kier molecular flexibility index (Phi) is 4.90. The average Bonchev–Trinajstić information content (AvgIpc) is 3.22. The second-order valence-corrected chi connectivity index (χ2v) is 6.91. The maximum absolute atomic E-state index is 12.7. The van der Waals surface area contributed by atoms with Crippen molar-refractivity contribution >= 4 is 11.9 Å². The average molecular weight is 332 g/mol. The second kappa shape index (κ2) is 6.93. The molecule has 3 rings (SSSR count). The Balaban J connectivity index is 1.68. The first kappa shape index (κ1) is 17.0. The number of esters is 2. The van der Waals surface area contributed by atoms with E-state index < -0.39 is 24.0 Å². The summed E-state index contributed by atoms with van der Waals surface area (Å²) in [6, 6.07) is 9.11. The molecular formula is C19H24O5. The van der Waals surface area contributed by atoms with Crippen molar-refractivity contribution in [2.75, 3.05) is 7.11 Å². The summed E-state index contributed by atoms with van der Waals surface area (Å²) < 4.78 is 10.4. The molecule has 0 heterocycles. The molecule has 130 valence electrons. The molecule has 2 unspecified atom stereocenters. The summed E-state index contributed by atoms with van der Waals surface area (Å²) in [6.45, 7) is 1.68. The van der Waals surface area contributed by atoms with Crippen molar-refractivity contribution in [2.45, 2.75) is 38.4 Å². The van der Waals surface area contributed by atoms with E-state index in [0.29, 0.717) is 5.56 Å². The van der Waals surface area contributed by atoms with Crippen LogP contribution in [0.3, 0.4) is 0 Å². The van der Waals surface area contributed by atoms with Crippen molar-refractivity contribution in [1.82, 2.24) is 0 Å². The van der Waals surface area contributed by atoms with Crippen LogP contribution in [0.15, 0.2) is 30.3 Å². The highest BCUT2D eigenvalue weighted by molar-refractivity contribution is 5.83. The monoisotopic (exact) mass is 332 g/mol. The van der Waals surface area contributed by atoms with Crippen molar-refractivity contribution in [3.63, 3.8) is 0 Å². The topological polar surface area (TPSA) is 72.8 Å². The number of hydrogen-bond donors (Lipinski definition) is 1. The van der Waals surface area contributed by atoms with E-state index in [4.69, 9.17) is 9.47 Å². The number of ether oxygens (including phenoxy) is 2. The van der Waals surface area contributed by atoms with E-state index in [-0.39, 0.29) is 23.8 Å². The van der Waals surface area contributed by atoms with Gasteiger partial charge in [0.05, 0.1) is 18.9 Å². The molecule has 2 aliphatic carbocycles. The molecule has 2 saturated carbocycles. The summed E-state index contributed by atoms with van der Waals surface area (Å²) in [4.78, 5) is 24.8. The van der Waals surface area contributed by atoms with Gasteiger partial charge in [0.15, 0.2) is 0 Å².